The van der Waals surface area contributed by atoms with Gasteiger partial charge in [0.25, 0.3) is 0 Å². The second-order valence-electron chi connectivity index (χ2n) is 4.29. The molecule has 0 aromatic rings. The summed E-state index contributed by atoms with van der Waals surface area (Å²) in [7, 11) is 0. The molecule has 2 heterocycles. The molecule has 0 aromatic carbocycles. The molecule has 74 valence electrons. The van der Waals surface area contributed by atoms with Gasteiger partial charge in [-0.15, -0.1) is 0 Å². The van der Waals surface area contributed by atoms with E-state index >= 15 is 0 Å². The smallest absolute Gasteiger partial charge is 0.0989 e. The van der Waals surface area contributed by atoms with Gasteiger partial charge >= 0.3 is 0 Å². The van der Waals surface area contributed by atoms with E-state index in [4.69, 9.17) is 4.99 Å². The van der Waals surface area contributed by atoms with Crippen LogP contribution in [0.25, 0.3) is 0 Å². The highest BCUT2D eigenvalue weighted by Crippen LogP contribution is 2.19. The fourth-order valence-electron chi connectivity index (χ4n) is 2.29. The molecule has 0 saturated carbocycles. The highest BCUT2D eigenvalue weighted by molar-refractivity contribution is 5.83. The van der Waals surface area contributed by atoms with E-state index in [2.05, 4.69) is 11.8 Å². The summed E-state index contributed by atoms with van der Waals surface area (Å²) >= 11 is 0. The minimum absolute atomic E-state index is 0.821. The largest absolute Gasteiger partial charge is 0.360 e. The molecule has 1 unspecified atom stereocenters. The molecular formula is C11H20N2. The summed E-state index contributed by atoms with van der Waals surface area (Å²) in [6.45, 7) is 5.90. The van der Waals surface area contributed by atoms with Crippen molar-refractivity contribution in [2.75, 3.05) is 19.6 Å². The van der Waals surface area contributed by atoms with Gasteiger partial charge in [-0.3, -0.25) is 4.99 Å². The zero-order valence-corrected chi connectivity index (χ0v) is 8.63. The van der Waals surface area contributed by atoms with Crippen LogP contribution in [0.5, 0.6) is 0 Å². The molecule has 0 spiro atoms. The first-order chi connectivity index (χ1) is 6.40. The Morgan fingerprint density at radius 3 is 3.15 bits per heavy atom. The normalized spacial score (nSPS) is 29.2. The van der Waals surface area contributed by atoms with E-state index in [0.717, 1.165) is 12.5 Å². The van der Waals surface area contributed by atoms with Crippen molar-refractivity contribution in [3.8, 4) is 0 Å². The molecule has 1 atom stereocenters. The van der Waals surface area contributed by atoms with E-state index in [1.54, 1.807) is 0 Å². The molecule has 2 heteroatoms. The van der Waals surface area contributed by atoms with Crippen LogP contribution in [0.4, 0.5) is 0 Å². The summed E-state index contributed by atoms with van der Waals surface area (Å²) in [5.41, 5.74) is 0. The molecule has 2 aliphatic rings. The average Bonchev–Trinajstić information content (AvgIpc) is 2.41. The first-order valence-electron chi connectivity index (χ1n) is 5.68. The number of hydrogen-bond acceptors (Lipinski definition) is 2. The zero-order chi connectivity index (χ0) is 9.10. The lowest BCUT2D eigenvalue weighted by molar-refractivity contribution is 0.312. The van der Waals surface area contributed by atoms with Gasteiger partial charge in [-0.2, -0.15) is 0 Å². The van der Waals surface area contributed by atoms with Crippen LogP contribution in [-0.4, -0.2) is 30.4 Å². The number of amidine groups is 1. The molecule has 0 N–H and O–H groups in total. The van der Waals surface area contributed by atoms with E-state index < -0.39 is 0 Å². The molecule has 1 saturated heterocycles. The van der Waals surface area contributed by atoms with Gasteiger partial charge in [-0.1, -0.05) is 13.3 Å². The molecule has 0 aromatic heterocycles. The third-order valence-electron chi connectivity index (χ3n) is 3.28. The second kappa shape index (κ2) is 4.12. The molecule has 1 fully saturated rings. The van der Waals surface area contributed by atoms with Crippen LogP contribution in [0.3, 0.4) is 0 Å². The Balaban J connectivity index is 2.03. The van der Waals surface area contributed by atoms with Gasteiger partial charge in [0, 0.05) is 26.1 Å². The third kappa shape index (κ3) is 2.04. The Morgan fingerprint density at radius 2 is 2.31 bits per heavy atom. The molecule has 0 radical (unpaired) electrons. The van der Waals surface area contributed by atoms with Gasteiger partial charge in [0.05, 0.1) is 5.84 Å². The Kier molecular flexibility index (Phi) is 2.87. The van der Waals surface area contributed by atoms with Crippen LogP contribution in [0, 0.1) is 5.92 Å². The molecule has 2 aliphatic heterocycles. The zero-order valence-electron chi connectivity index (χ0n) is 8.63. The summed E-state index contributed by atoms with van der Waals surface area (Å²) in [4.78, 5) is 7.24. The Hall–Kier alpha value is -0.530. The van der Waals surface area contributed by atoms with E-state index in [9.17, 15) is 0 Å². The average molecular weight is 180 g/mol. The van der Waals surface area contributed by atoms with Crippen molar-refractivity contribution in [3.63, 3.8) is 0 Å². The first kappa shape index (κ1) is 9.04. The Morgan fingerprint density at radius 1 is 1.38 bits per heavy atom. The van der Waals surface area contributed by atoms with Crippen LogP contribution in [0.15, 0.2) is 4.99 Å². The fourth-order valence-corrected chi connectivity index (χ4v) is 2.29. The van der Waals surface area contributed by atoms with Gasteiger partial charge in [0.15, 0.2) is 0 Å². The van der Waals surface area contributed by atoms with Gasteiger partial charge < -0.3 is 4.90 Å². The number of hydrogen-bond donors (Lipinski definition) is 0. The number of fused-ring (bicyclic) bond motifs is 1. The molecule has 13 heavy (non-hydrogen) atoms. The molecular weight excluding hydrogens is 160 g/mol. The maximum atomic E-state index is 4.71. The third-order valence-corrected chi connectivity index (χ3v) is 3.28. The number of nitrogens with zero attached hydrogens (tertiary/aromatic N) is 2. The molecule has 2 nitrogen and oxygen atoms in total. The minimum atomic E-state index is 0.821. The summed E-state index contributed by atoms with van der Waals surface area (Å²) in [5.74, 6) is 2.23. The standard InChI is InChI=1S/C11H20N2/c1-2-10-8-12-11-6-4-3-5-7-13(11)9-10/h10H,2-9H2,1H3. The molecule has 2 rings (SSSR count). The van der Waals surface area contributed by atoms with Crippen LogP contribution in [0.2, 0.25) is 0 Å². The summed E-state index contributed by atoms with van der Waals surface area (Å²) in [5, 5.41) is 0. The highest BCUT2D eigenvalue weighted by Gasteiger charge is 2.22. The summed E-state index contributed by atoms with van der Waals surface area (Å²) in [6.07, 6.45) is 6.64. The lowest BCUT2D eigenvalue weighted by atomic mass is 10.0. The maximum Gasteiger partial charge on any atom is 0.0989 e. The summed E-state index contributed by atoms with van der Waals surface area (Å²) < 4.78 is 0. The second-order valence-corrected chi connectivity index (χ2v) is 4.29. The fraction of sp³-hybridized carbons (Fsp3) is 0.909. The van der Waals surface area contributed by atoms with Crippen molar-refractivity contribution < 1.29 is 0 Å². The van der Waals surface area contributed by atoms with E-state index in [0.29, 0.717) is 0 Å². The van der Waals surface area contributed by atoms with Crippen molar-refractivity contribution in [1.29, 1.82) is 0 Å². The molecule has 0 amide bonds. The van der Waals surface area contributed by atoms with E-state index in [-0.39, 0.29) is 0 Å². The van der Waals surface area contributed by atoms with E-state index in [1.807, 2.05) is 0 Å². The van der Waals surface area contributed by atoms with Crippen molar-refractivity contribution in [1.82, 2.24) is 4.90 Å². The van der Waals surface area contributed by atoms with Gasteiger partial charge in [0.2, 0.25) is 0 Å². The first-order valence-corrected chi connectivity index (χ1v) is 5.68. The van der Waals surface area contributed by atoms with Crippen LogP contribution >= 0.6 is 0 Å². The minimum Gasteiger partial charge on any atom is -0.360 e. The topological polar surface area (TPSA) is 15.6 Å². The van der Waals surface area contributed by atoms with Gasteiger partial charge in [-0.05, 0) is 25.2 Å². The lowest BCUT2D eigenvalue weighted by Gasteiger charge is -2.32. The highest BCUT2D eigenvalue weighted by atomic mass is 15.2. The van der Waals surface area contributed by atoms with Crippen LogP contribution in [-0.2, 0) is 0 Å². The summed E-state index contributed by atoms with van der Waals surface area (Å²) in [6, 6.07) is 0. The Labute approximate surface area is 81.0 Å². The number of rotatable bonds is 1. The van der Waals surface area contributed by atoms with Gasteiger partial charge in [0.1, 0.15) is 0 Å². The lowest BCUT2D eigenvalue weighted by Crippen LogP contribution is -2.39. The molecule has 0 bridgehead atoms. The monoisotopic (exact) mass is 180 g/mol. The predicted molar refractivity (Wildman–Crippen MR) is 56.1 cm³/mol. The van der Waals surface area contributed by atoms with E-state index in [1.165, 1.54) is 51.0 Å². The number of aliphatic imine (C=N–C) groups is 1. The van der Waals surface area contributed by atoms with Crippen molar-refractivity contribution in [2.24, 2.45) is 10.9 Å². The van der Waals surface area contributed by atoms with Gasteiger partial charge in [-0.25, -0.2) is 0 Å². The molecule has 0 aliphatic carbocycles. The van der Waals surface area contributed by atoms with Crippen molar-refractivity contribution in [3.05, 3.63) is 0 Å². The van der Waals surface area contributed by atoms with Crippen LogP contribution < -0.4 is 0 Å². The predicted octanol–water partition coefficient (Wildman–Crippen LogP) is 2.30. The van der Waals surface area contributed by atoms with Crippen molar-refractivity contribution in [2.45, 2.75) is 39.0 Å². The Bertz CT molecular complexity index is 198. The maximum absolute atomic E-state index is 4.71. The van der Waals surface area contributed by atoms with Crippen LogP contribution in [0.1, 0.15) is 39.0 Å². The van der Waals surface area contributed by atoms with Crippen molar-refractivity contribution >= 4 is 5.84 Å². The quantitative estimate of drug-likeness (QED) is 0.604. The SMILES string of the molecule is CCC1CN=C2CCCCCN2C1.